The van der Waals surface area contributed by atoms with Crippen LogP contribution in [0.2, 0.25) is 0 Å². The molecule has 0 aromatic rings. The molecule has 1 aliphatic heterocycles. The monoisotopic (exact) mass is 254 g/mol. The lowest BCUT2D eigenvalue weighted by molar-refractivity contribution is -0.132. The van der Waals surface area contributed by atoms with Crippen LogP contribution in [0, 0.1) is 0 Å². The predicted octanol–water partition coefficient (Wildman–Crippen LogP) is 1.90. The Morgan fingerprint density at radius 3 is 2.72 bits per heavy atom. The third-order valence-corrected chi connectivity index (χ3v) is 4.12. The van der Waals surface area contributed by atoms with Crippen molar-refractivity contribution in [3.05, 3.63) is 0 Å². The number of amides is 1. The minimum absolute atomic E-state index is 0.191. The second kappa shape index (κ2) is 6.53. The minimum atomic E-state index is -0.191. The van der Waals surface area contributed by atoms with Crippen LogP contribution in [0.3, 0.4) is 0 Å². The number of nitrogens with one attached hydrogen (secondary N) is 1. The van der Waals surface area contributed by atoms with Gasteiger partial charge in [0.25, 0.3) is 0 Å². The molecular weight excluding hydrogens is 228 g/mol. The molecule has 0 atom stereocenters. The van der Waals surface area contributed by atoms with E-state index in [2.05, 4.69) is 12.2 Å². The van der Waals surface area contributed by atoms with E-state index in [0.717, 1.165) is 52.1 Å². The zero-order valence-electron chi connectivity index (χ0n) is 11.5. The molecule has 2 aliphatic rings. The molecule has 1 amide bonds. The summed E-state index contributed by atoms with van der Waals surface area (Å²) in [4.78, 5) is 14.3. The zero-order valence-corrected chi connectivity index (χ0v) is 11.5. The van der Waals surface area contributed by atoms with Crippen molar-refractivity contribution in [1.82, 2.24) is 10.2 Å². The number of nitrogens with zero attached hydrogens (tertiary/aromatic N) is 1. The van der Waals surface area contributed by atoms with E-state index in [1.807, 2.05) is 4.90 Å². The van der Waals surface area contributed by atoms with Crippen LogP contribution in [0.25, 0.3) is 0 Å². The molecule has 2 fully saturated rings. The molecule has 18 heavy (non-hydrogen) atoms. The van der Waals surface area contributed by atoms with Crippen LogP contribution in [-0.4, -0.2) is 42.8 Å². The molecular formula is C14H26N2O2. The summed E-state index contributed by atoms with van der Waals surface area (Å²) in [6.07, 6.45) is 7.68. The topological polar surface area (TPSA) is 41.6 Å². The number of rotatable bonds is 7. The zero-order chi connectivity index (χ0) is 12.8. The van der Waals surface area contributed by atoms with E-state index in [4.69, 9.17) is 4.74 Å². The molecule has 0 radical (unpaired) electrons. The first kappa shape index (κ1) is 13.8. The summed E-state index contributed by atoms with van der Waals surface area (Å²) in [6, 6.07) is 0. The van der Waals surface area contributed by atoms with Crippen molar-refractivity contribution in [2.24, 2.45) is 0 Å². The number of hydrogen-bond acceptors (Lipinski definition) is 3. The van der Waals surface area contributed by atoms with Gasteiger partial charge in [-0.05, 0) is 25.7 Å². The Kier molecular flexibility index (Phi) is 5.01. The predicted molar refractivity (Wildman–Crippen MR) is 71.3 cm³/mol. The van der Waals surface area contributed by atoms with Crippen molar-refractivity contribution in [2.45, 2.75) is 57.4 Å². The fraction of sp³-hybridized carbons (Fsp3) is 0.929. The van der Waals surface area contributed by atoms with Crippen molar-refractivity contribution in [2.75, 3.05) is 26.4 Å². The molecule has 1 heterocycles. The van der Waals surface area contributed by atoms with Crippen molar-refractivity contribution in [1.29, 1.82) is 0 Å². The summed E-state index contributed by atoms with van der Waals surface area (Å²) in [5.41, 5.74) is -0.191. The van der Waals surface area contributed by atoms with Crippen molar-refractivity contribution < 1.29 is 9.53 Å². The van der Waals surface area contributed by atoms with Crippen LogP contribution in [0.15, 0.2) is 0 Å². The van der Waals surface area contributed by atoms with Gasteiger partial charge < -0.3 is 9.64 Å². The number of unbranched alkanes of at least 4 members (excludes halogenated alkanes) is 1. The molecule has 104 valence electrons. The molecule has 1 aliphatic carbocycles. The summed E-state index contributed by atoms with van der Waals surface area (Å²) in [5.74, 6) is 0.327. The van der Waals surface area contributed by atoms with Crippen LogP contribution in [0.4, 0.5) is 0 Å². The number of ether oxygens (including phenoxy) is 1. The summed E-state index contributed by atoms with van der Waals surface area (Å²) in [5, 5.41) is 3.43. The second-order valence-electron chi connectivity index (χ2n) is 5.51. The van der Waals surface area contributed by atoms with Gasteiger partial charge in [-0.2, -0.15) is 0 Å². The summed E-state index contributed by atoms with van der Waals surface area (Å²) < 4.78 is 5.53. The number of carbonyl (C=O) groups is 1. The molecule has 0 bridgehead atoms. The second-order valence-corrected chi connectivity index (χ2v) is 5.51. The van der Waals surface area contributed by atoms with E-state index in [9.17, 15) is 4.79 Å². The molecule has 1 spiro atoms. The molecule has 0 aromatic carbocycles. The molecule has 2 rings (SSSR count). The van der Waals surface area contributed by atoms with E-state index in [1.165, 1.54) is 19.3 Å². The fourth-order valence-corrected chi connectivity index (χ4v) is 2.95. The standard InChI is InChI=1S/C14H26N2O2/c1-2-3-10-18-11-6-9-16-12-15-14(13(16)17)7-4-5-8-14/h15H,2-12H2,1H3. The highest BCUT2D eigenvalue weighted by molar-refractivity contribution is 5.88. The van der Waals surface area contributed by atoms with E-state index >= 15 is 0 Å². The smallest absolute Gasteiger partial charge is 0.243 e. The van der Waals surface area contributed by atoms with Gasteiger partial charge in [-0.1, -0.05) is 26.2 Å². The molecule has 4 heteroatoms. The van der Waals surface area contributed by atoms with Gasteiger partial charge in [-0.15, -0.1) is 0 Å². The van der Waals surface area contributed by atoms with E-state index in [1.54, 1.807) is 0 Å². The highest BCUT2D eigenvalue weighted by Gasteiger charge is 2.47. The molecule has 0 unspecified atom stereocenters. The maximum absolute atomic E-state index is 12.3. The maximum atomic E-state index is 12.3. The van der Waals surface area contributed by atoms with Gasteiger partial charge in [0.1, 0.15) is 0 Å². The largest absolute Gasteiger partial charge is 0.381 e. The fourth-order valence-electron chi connectivity index (χ4n) is 2.95. The van der Waals surface area contributed by atoms with E-state index in [0.29, 0.717) is 5.91 Å². The average Bonchev–Trinajstić information content (AvgIpc) is 2.97. The lowest BCUT2D eigenvalue weighted by atomic mass is 9.98. The molecule has 4 nitrogen and oxygen atoms in total. The molecule has 0 aromatic heterocycles. The summed E-state index contributed by atoms with van der Waals surface area (Å²) >= 11 is 0. The van der Waals surface area contributed by atoms with Crippen molar-refractivity contribution >= 4 is 5.91 Å². The van der Waals surface area contributed by atoms with Gasteiger partial charge in [0.05, 0.1) is 12.2 Å². The van der Waals surface area contributed by atoms with Crippen LogP contribution >= 0.6 is 0 Å². The van der Waals surface area contributed by atoms with Gasteiger partial charge in [-0.25, -0.2) is 0 Å². The van der Waals surface area contributed by atoms with Crippen LogP contribution < -0.4 is 5.32 Å². The van der Waals surface area contributed by atoms with Gasteiger partial charge in [0.15, 0.2) is 0 Å². The minimum Gasteiger partial charge on any atom is -0.381 e. The third-order valence-electron chi connectivity index (χ3n) is 4.12. The number of hydrogen-bond donors (Lipinski definition) is 1. The summed E-state index contributed by atoms with van der Waals surface area (Å²) in [6.45, 7) is 5.36. The molecule has 1 saturated heterocycles. The van der Waals surface area contributed by atoms with E-state index < -0.39 is 0 Å². The Balaban J connectivity index is 1.64. The third kappa shape index (κ3) is 3.04. The Morgan fingerprint density at radius 2 is 2.00 bits per heavy atom. The quantitative estimate of drug-likeness (QED) is 0.705. The first-order chi connectivity index (χ1) is 8.78. The van der Waals surface area contributed by atoms with Gasteiger partial charge in [0, 0.05) is 19.8 Å². The maximum Gasteiger partial charge on any atom is 0.243 e. The molecule has 1 saturated carbocycles. The van der Waals surface area contributed by atoms with Crippen molar-refractivity contribution in [3.63, 3.8) is 0 Å². The first-order valence-corrected chi connectivity index (χ1v) is 7.41. The highest BCUT2D eigenvalue weighted by atomic mass is 16.5. The van der Waals surface area contributed by atoms with Gasteiger partial charge >= 0.3 is 0 Å². The lowest BCUT2D eigenvalue weighted by Crippen LogP contribution is -2.44. The summed E-state index contributed by atoms with van der Waals surface area (Å²) in [7, 11) is 0. The average molecular weight is 254 g/mol. The van der Waals surface area contributed by atoms with Crippen molar-refractivity contribution in [3.8, 4) is 0 Å². The highest BCUT2D eigenvalue weighted by Crippen LogP contribution is 2.34. The SMILES string of the molecule is CCCCOCCCN1CNC2(CCCC2)C1=O. The van der Waals surface area contributed by atoms with E-state index in [-0.39, 0.29) is 5.54 Å². The van der Waals surface area contributed by atoms with Gasteiger partial charge in [0.2, 0.25) is 5.91 Å². The van der Waals surface area contributed by atoms with Crippen LogP contribution in [-0.2, 0) is 9.53 Å². The normalized spacial score (nSPS) is 22.3. The Morgan fingerprint density at radius 1 is 1.28 bits per heavy atom. The van der Waals surface area contributed by atoms with Gasteiger partial charge in [-0.3, -0.25) is 10.1 Å². The molecule has 1 N–H and O–H groups in total. The Bertz CT molecular complexity index is 275. The Labute approximate surface area is 110 Å². The van der Waals surface area contributed by atoms with Crippen LogP contribution in [0.1, 0.15) is 51.9 Å². The Hall–Kier alpha value is -0.610. The lowest BCUT2D eigenvalue weighted by Gasteiger charge is -2.21. The van der Waals surface area contributed by atoms with Crippen LogP contribution in [0.5, 0.6) is 0 Å². The first-order valence-electron chi connectivity index (χ1n) is 7.41. The number of carbonyl (C=O) groups excluding carboxylic acids is 1.